The van der Waals surface area contributed by atoms with Crippen molar-refractivity contribution in [3.05, 3.63) is 64.0 Å². The van der Waals surface area contributed by atoms with Crippen LogP contribution in [0.3, 0.4) is 0 Å². The van der Waals surface area contributed by atoms with Crippen molar-refractivity contribution >= 4 is 33.9 Å². The van der Waals surface area contributed by atoms with Gasteiger partial charge >= 0.3 is 0 Å². The summed E-state index contributed by atoms with van der Waals surface area (Å²) in [6.07, 6.45) is 1.39. The molecule has 0 bridgehead atoms. The number of ether oxygens (including phenoxy) is 1. The number of fused-ring (bicyclic) bond motifs is 1. The average molecular weight is 302 g/mol. The van der Waals surface area contributed by atoms with Gasteiger partial charge in [-0.05, 0) is 30.3 Å². The summed E-state index contributed by atoms with van der Waals surface area (Å²) in [6, 6.07) is 12.2. The highest BCUT2D eigenvalue weighted by molar-refractivity contribution is 6.30. The van der Waals surface area contributed by atoms with E-state index in [1.165, 1.54) is 6.26 Å². The molecule has 1 heterocycles. The van der Waals surface area contributed by atoms with E-state index in [1.54, 1.807) is 43.5 Å². The van der Waals surface area contributed by atoms with Crippen LogP contribution in [0.4, 0.5) is 11.4 Å². The van der Waals surface area contributed by atoms with Gasteiger partial charge in [0, 0.05) is 16.8 Å². The van der Waals surface area contributed by atoms with Gasteiger partial charge in [-0.15, -0.1) is 0 Å². The van der Waals surface area contributed by atoms with Crippen molar-refractivity contribution in [1.82, 2.24) is 0 Å². The summed E-state index contributed by atoms with van der Waals surface area (Å²) in [4.78, 5) is 12.4. The number of methoxy groups -OCH3 is 1. The van der Waals surface area contributed by atoms with E-state index in [4.69, 9.17) is 20.8 Å². The van der Waals surface area contributed by atoms with Crippen LogP contribution in [0.1, 0.15) is 0 Å². The molecule has 2 aromatic carbocycles. The Morgan fingerprint density at radius 3 is 2.81 bits per heavy atom. The Morgan fingerprint density at radius 2 is 2.05 bits per heavy atom. The minimum Gasteiger partial charge on any atom is -0.497 e. The zero-order valence-electron chi connectivity index (χ0n) is 11.2. The SMILES string of the molecule is COc1ccc2c(=O)c(Nc3cccc(Cl)c3)coc2c1. The molecular weight excluding hydrogens is 290 g/mol. The minimum absolute atomic E-state index is 0.140. The zero-order valence-corrected chi connectivity index (χ0v) is 12.0. The summed E-state index contributed by atoms with van der Waals surface area (Å²) in [7, 11) is 1.56. The Balaban J connectivity index is 2.04. The standard InChI is InChI=1S/C16H12ClNO3/c1-20-12-5-6-13-15(8-12)21-9-14(16(13)19)18-11-4-2-3-10(17)7-11/h2-9,18H,1H3. The molecule has 21 heavy (non-hydrogen) atoms. The van der Waals surface area contributed by atoms with Gasteiger partial charge in [0.15, 0.2) is 0 Å². The van der Waals surface area contributed by atoms with Gasteiger partial charge in [-0.1, -0.05) is 17.7 Å². The maximum Gasteiger partial charge on any atom is 0.216 e. The zero-order chi connectivity index (χ0) is 14.8. The van der Waals surface area contributed by atoms with E-state index in [1.807, 2.05) is 6.07 Å². The Hall–Kier alpha value is -2.46. The molecule has 0 aliphatic rings. The number of anilines is 2. The molecule has 0 saturated heterocycles. The van der Waals surface area contributed by atoms with Gasteiger partial charge in [0.1, 0.15) is 23.3 Å². The molecule has 0 aliphatic carbocycles. The minimum atomic E-state index is -0.140. The molecule has 0 radical (unpaired) electrons. The van der Waals surface area contributed by atoms with Crippen LogP contribution in [0.15, 0.2) is 57.9 Å². The average Bonchev–Trinajstić information content (AvgIpc) is 2.50. The van der Waals surface area contributed by atoms with Gasteiger partial charge in [-0.2, -0.15) is 0 Å². The van der Waals surface area contributed by atoms with Crippen molar-refractivity contribution in [2.45, 2.75) is 0 Å². The van der Waals surface area contributed by atoms with Crippen molar-refractivity contribution in [1.29, 1.82) is 0 Å². The lowest BCUT2D eigenvalue weighted by atomic mass is 10.2. The third-order valence-corrected chi connectivity index (χ3v) is 3.32. The van der Waals surface area contributed by atoms with E-state index >= 15 is 0 Å². The first-order chi connectivity index (χ1) is 10.2. The fourth-order valence-electron chi connectivity index (χ4n) is 2.04. The van der Waals surface area contributed by atoms with Crippen LogP contribution >= 0.6 is 11.6 Å². The Morgan fingerprint density at radius 1 is 1.19 bits per heavy atom. The molecule has 3 rings (SSSR count). The maximum absolute atomic E-state index is 12.4. The second-order valence-electron chi connectivity index (χ2n) is 4.48. The first-order valence-corrected chi connectivity index (χ1v) is 6.67. The van der Waals surface area contributed by atoms with Crippen molar-refractivity contribution in [2.24, 2.45) is 0 Å². The van der Waals surface area contributed by atoms with E-state index in [0.29, 0.717) is 27.4 Å². The maximum atomic E-state index is 12.4. The molecule has 4 nitrogen and oxygen atoms in total. The molecule has 106 valence electrons. The fraction of sp³-hybridized carbons (Fsp3) is 0.0625. The first kappa shape index (κ1) is 13.5. The number of hydrogen-bond acceptors (Lipinski definition) is 4. The van der Waals surface area contributed by atoms with Crippen LogP contribution in [0.5, 0.6) is 5.75 Å². The summed E-state index contributed by atoms with van der Waals surface area (Å²) < 4.78 is 10.6. The van der Waals surface area contributed by atoms with Gasteiger partial charge < -0.3 is 14.5 Å². The molecule has 0 atom stereocenters. The third kappa shape index (κ3) is 2.71. The molecule has 1 aromatic heterocycles. The Labute approximate surface area is 125 Å². The highest BCUT2D eigenvalue weighted by atomic mass is 35.5. The lowest BCUT2D eigenvalue weighted by Gasteiger charge is -2.07. The fourth-order valence-corrected chi connectivity index (χ4v) is 2.23. The second-order valence-corrected chi connectivity index (χ2v) is 4.91. The van der Waals surface area contributed by atoms with E-state index in [-0.39, 0.29) is 5.43 Å². The molecule has 5 heteroatoms. The van der Waals surface area contributed by atoms with E-state index in [9.17, 15) is 4.79 Å². The predicted molar refractivity (Wildman–Crippen MR) is 83.8 cm³/mol. The summed E-state index contributed by atoms with van der Waals surface area (Å²) >= 11 is 5.92. The number of rotatable bonds is 3. The van der Waals surface area contributed by atoms with Gasteiger partial charge in [-0.25, -0.2) is 0 Å². The third-order valence-electron chi connectivity index (χ3n) is 3.09. The van der Waals surface area contributed by atoms with Crippen molar-refractivity contribution in [3.63, 3.8) is 0 Å². The highest BCUT2D eigenvalue weighted by Crippen LogP contribution is 2.22. The summed E-state index contributed by atoms with van der Waals surface area (Å²) in [5.74, 6) is 0.640. The number of benzene rings is 2. The molecule has 0 fully saturated rings. The molecule has 1 N–H and O–H groups in total. The van der Waals surface area contributed by atoms with Crippen LogP contribution in [0.2, 0.25) is 5.02 Å². The lowest BCUT2D eigenvalue weighted by molar-refractivity contribution is 0.414. The molecule has 0 saturated carbocycles. The number of hydrogen-bond donors (Lipinski definition) is 1. The highest BCUT2D eigenvalue weighted by Gasteiger charge is 2.08. The quantitative estimate of drug-likeness (QED) is 0.788. The summed E-state index contributed by atoms with van der Waals surface area (Å²) in [6.45, 7) is 0. The normalized spacial score (nSPS) is 10.6. The number of nitrogens with one attached hydrogen (secondary N) is 1. The van der Waals surface area contributed by atoms with Crippen molar-refractivity contribution in [2.75, 3.05) is 12.4 Å². The second kappa shape index (κ2) is 5.50. The smallest absolute Gasteiger partial charge is 0.216 e. The van der Waals surface area contributed by atoms with Crippen LogP contribution < -0.4 is 15.5 Å². The van der Waals surface area contributed by atoms with E-state index < -0.39 is 0 Å². The topological polar surface area (TPSA) is 51.5 Å². The summed E-state index contributed by atoms with van der Waals surface area (Å²) in [5, 5.41) is 4.09. The Kier molecular flexibility index (Phi) is 3.54. The first-order valence-electron chi connectivity index (χ1n) is 6.29. The van der Waals surface area contributed by atoms with E-state index in [0.717, 1.165) is 5.69 Å². The molecule has 0 aliphatic heterocycles. The van der Waals surface area contributed by atoms with Gasteiger partial charge in [-0.3, -0.25) is 4.79 Å². The van der Waals surface area contributed by atoms with Crippen LogP contribution in [-0.2, 0) is 0 Å². The van der Waals surface area contributed by atoms with Crippen LogP contribution in [0.25, 0.3) is 11.0 Å². The summed E-state index contributed by atoms with van der Waals surface area (Å²) in [5.41, 5.74) is 1.42. The van der Waals surface area contributed by atoms with Gasteiger partial charge in [0.25, 0.3) is 0 Å². The van der Waals surface area contributed by atoms with Crippen LogP contribution in [-0.4, -0.2) is 7.11 Å². The molecule has 0 amide bonds. The predicted octanol–water partition coefficient (Wildman–Crippen LogP) is 4.20. The molecule has 3 aromatic rings. The van der Waals surface area contributed by atoms with E-state index in [2.05, 4.69) is 5.32 Å². The molecule has 0 unspecified atom stereocenters. The van der Waals surface area contributed by atoms with Gasteiger partial charge in [0.05, 0.1) is 12.5 Å². The van der Waals surface area contributed by atoms with Crippen molar-refractivity contribution in [3.8, 4) is 5.75 Å². The Bertz CT molecular complexity index is 858. The lowest BCUT2D eigenvalue weighted by Crippen LogP contribution is -2.08. The largest absolute Gasteiger partial charge is 0.497 e. The van der Waals surface area contributed by atoms with Crippen molar-refractivity contribution < 1.29 is 9.15 Å². The monoisotopic (exact) mass is 301 g/mol. The van der Waals surface area contributed by atoms with Gasteiger partial charge in [0.2, 0.25) is 5.43 Å². The number of halogens is 1. The van der Waals surface area contributed by atoms with Crippen LogP contribution in [0, 0.1) is 0 Å². The molecule has 0 spiro atoms. The molecular formula is C16H12ClNO3.